The van der Waals surface area contributed by atoms with Crippen molar-refractivity contribution in [3.8, 4) is 11.3 Å². The quantitative estimate of drug-likeness (QED) is 0.169. The third kappa shape index (κ3) is 7.83. The third-order valence-electron chi connectivity index (χ3n) is 7.44. The van der Waals surface area contributed by atoms with Crippen molar-refractivity contribution in [2.45, 2.75) is 73.5 Å². The lowest BCUT2D eigenvalue weighted by molar-refractivity contribution is 0.00578. The molecule has 4 nitrogen and oxygen atoms in total. The van der Waals surface area contributed by atoms with E-state index < -0.39 is 7.12 Å². The van der Waals surface area contributed by atoms with Gasteiger partial charge in [0.05, 0.1) is 23.0 Å². The van der Waals surface area contributed by atoms with Crippen molar-refractivity contribution in [2.24, 2.45) is 4.99 Å². The molecule has 2 aromatic carbocycles. The fourth-order valence-corrected chi connectivity index (χ4v) is 4.37. The number of benzene rings is 2. The Bertz CT molecular complexity index is 1370. The van der Waals surface area contributed by atoms with Crippen LogP contribution in [0.25, 0.3) is 11.3 Å². The fraction of sp³-hybridized carbons (Fsp3) is 0.333. The Morgan fingerprint density at radius 2 is 1.43 bits per heavy atom. The molecule has 0 saturated carbocycles. The van der Waals surface area contributed by atoms with Gasteiger partial charge in [-0.15, -0.1) is 0 Å². The minimum absolute atomic E-state index is 0.157. The summed E-state index contributed by atoms with van der Waals surface area (Å²) in [7, 11) is -0.423. The summed E-state index contributed by atoms with van der Waals surface area (Å²) in [6.07, 6.45) is 10.0. The molecule has 0 aliphatic carbocycles. The first kappa shape index (κ1) is 31.6. The minimum atomic E-state index is -0.423. The van der Waals surface area contributed by atoms with E-state index in [0.717, 1.165) is 15.8 Å². The van der Waals surface area contributed by atoms with Crippen molar-refractivity contribution in [1.29, 1.82) is 0 Å². The van der Waals surface area contributed by atoms with Gasteiger partial charge in [0.15, 0.2) is 6.08 Å². The number of aromatic nitrogens is 1. The molecule has 0 atom stereocenters. The highest BCUT2D eigenvalue weighted by Gasteiger charge is 2.51. The highest BCUT2D eigenvalue weighted by Crippen LogP contribution is 2.36. The lowest BCUT2D eigenvalue weighted by Gasteiger charge is -2.32. The van der Waals surface area contributed by atoms with E-state index in [1.165, 1.54) is 22.3 Å². The molecule has 0 bridgehead atoms. The fourth-order valence-electron chi connectivity index (χ4n) is 4.12. The zero-order chi connectivity index (χ0) is 29.7. The molecule has 3 heterocycles. The number of halogens is 2. The van der Waals surface area contributed by atoms with Crippen LogP contribution in [0, 0.1) is 46.5 Å². The molecule has 2 aliphatic rings. The normalized spacial score (nSPS) is 16.3. The molecule has 208 valence electrons. The van der Waals surface area contributed by atoms with E-state index in [1.807, 2.05) is 58.2 Å². The van der Waals surface area contributed by atoms with Crippen LogP contribution in [0.1, 0.15) is 55.5 Å². The molecule has 0 unspecified atom stereocenters. The molecule has 3 aromatic rings. The lowest BCUT2D eigenvalue weighted by atomic mass is 9.77. The predicted molar refractivity (Wildman–Crippen MR) is 169 cm³/mol. The first-order valence-electron chi connectivity index (χ1n) is 13.3. The van der Waals surface area contributed by atoms with Crippen molar-refractivity contribution >= 4 is 34.7 Å². The summed E-state index contributed by atoms with van der Waals surface area (Å²) in [5, 5.41) is 0. The largest absolute Gasteiger partial charge is 0.494 e. The maximum absolute atomic E-state index is 13.6. The van der Waals surface area contributed by atoms with Gasteiger partial charge in [-0.1, -0.05) is 18.2 Å². The van der Waals surface area contributed by atoms with E-state index in [2.05, 4.69) is 64.9 Å². The van der Waals surface area contributed by atoms with Crippen LogP contribution in [0.15, 0.2) is 70.4 Å². The molecule has 5 rings (SSSR count). The van der Waals surface area contributed by atoms with Gasteiger partial charge in [0.25, 0.3) is 4.61 Å². The summed E-state index contributed by atoms with van der Waals surface area (Å²) in [6.45, 7) is 18.0. The van der Waals surface area contributed by atoms with Crippen molar-refractivity contribution in [1.82, 2.24) is 4.98 Å². The highest BCUT2D eigenvalue weighted by molar-refractivity contribution is 9.11. The number of hydrogen-bond donors (Lipinski definition) is 0. The first-order chi connectivity index (χ1) is 18.7. The van der Waals surface area contributed by atoms with Gasteiger partial charge in [0.2, 0.25) is 0 Å². The summed E-state index contributed by atoms with van der Waals surface area (Å²) < 4.78 is 26.3. The van der Waals surface area contributed by atoms with Crippen LogP contribution in [0.5, 0.6) is 0 Å². The Morgan fingerprint density at radius 3 is 1.85 bits per heavy atom. The topological polar surface area (TPSA) is 43.7 Å². The van der Waals surface area contributed by atoms with Crippen LogP contribution < -0.4 is 5.46 Å². The van der Waals surface area contributed by atoms with E-state index >= 15 is 0 Å². The van der Waals surface area contributed by atoms with Crippen LogP contribution >= 0.6 is 15.9 Å². The van der Waals surface area contributed by atoms with Crippen LogP contribution in [-0.4, -0.2) is 29.5 Å². The van der Waals surface area contributed by atoms with E-state index in [9.17, 15) is 4.39 Å². The lowest BCUT2D eigenvalue weighted by Crippen LogP contribution is -2.41. The van der Waals surface area contributed by atoms with Gasteiger partial charge in [-0.25, -0.2) is 4.39 Å². The Hall–Kier alpha value is -2.96. The zero-order valence-corrected chi connectivity index (χ0v) is 26.5. The summed E-state index contributed by atoms with van der Waals surface area (Å²) in [6, 6.07) is 14.0. The Morgan fingerprint density at radius 1 is 0.850 bits per heavy atom. The molecule has 0 spiro atoms. The second-order valence-corrected chi connectivity index (χ2v) is 11.8. The number of aliphatic imine (C=N–C) groups is 1. The Labute approximate surface area is 247 Å². The summed E-state index contributed by atoms with van der Waals surface area (Å²) in [5.41, 5.74) is 7.67. The molecule has 40 heavy (non-hydrogen) atoms. The van der Waals surface area contributed by atoms with Gasteiger partial charge in [0.1, 0.15) is 18.1 Å². The average molecular weight is 604 g/mol. The smallest absolute Gasteiger partial charge is 0.399 e. The van der Waals surface area contributed by atoms with Gasteiger partial charge < -0.3 is 9.31 Å². The molecule has 2 aliphatic heterocycles. The van der Waals surface area contributed by atoms with E-state index in [4.69, 9.17) is 9.31 Å². The van der Waals surface area contributed by atoms with E-state index in [0.29, 0.717) is 11.1 Å². The van der Waals surface area contributed by atoms with Crippen molar-refractivity contribution in [3.05, 3.63) is 105 Å². The first-order valence-corrected chi connectivity index (χ1v) is 14.1. The second kappa shape index (κ2) is 13.1. The van der Waals surface area contributed by atoms with Gasteiger partial charge in [0, 0.05) is 27.7 Å². The van der Waals surface area contributed by atoms with Crippen molar-refractivity contribution < 1.29 is 13.7 Å². The van der Waals surface area contributed by atoms with Crippen LogP contribution in [0.2, 0.25) is 0 Å². The van der Waals surface area contributed by atoms with Gasteiger partial charge in [-0.2, -0.15) is 4.99 Å². The Kier molecular flexibility index (Phi) is 10.4. The molecule has 7 heteroatoms. The van der Waals surface area contributed by atoms with Crippen LogP contribution in [0.4, 0.5) is 4.39 Å². The predicted octanol–water partition coefficient (Wildman–Crippen LogP) is 8.08. The molecule has 1 fully saturated rings. The summed E-state index contributed by atoms with van der Waals surface area (Å²) in [5.74, 6) is -0.157. The molecule has 1 aromatic heterocycles. The maximum atomic E-state index is 13.6. The Balaban J connectivity index is 0.000000180. The van der Waals surface area contributed by atoms with Gasteiger partial charge in [-0.3, -0.25) is 4.98 Å². The number of pyridine rings is 1. The maximum Gasteiger partial charge on any atom is 0.494 e. The number of hydrogen-bond acceptors (Lipinski definition) is 4. The molecule has 0 amide bonds. The molecule has 0 N–H and O–H groups in total. The van der Waals surface area contributed by atoms with E-state index in [-0.39, 0.29) is 17.0 Å². The molecule has 1 saturated heterocycles. The van der Waals surface area contributed by atoms with Gasteiger partial charge in [-0.05, 0) is 120 Å². The summed E-state index contributed by atoms with van der Waals surface area (Å²) in [4.78, 5) is 8.20. The number of allylic oxidation sites excluding steroid dienone is 3. The second-order valence-electron chi connectivity index (χ2n) is 11.1. The number of aryl methyl sites for hydroxylation is 4. The average Bonchev–Trinajstić information content (AvgIpc) is 3.13. The zero-order valence-electron chi connectivity index (χ0n) is 24.9. The van der Waals surface area contributed by atoms with Crippen LogP contribution in [-0.2, 0) is 9.31 Å². The number of rotatable bonds is 2. The standard InChI is InChI=1S/C14H20BFO2.C14H15N.C5H3BrN/c1-9-7-11(8-10(2)12(9)16)15-17-13(3,4)14(5,6)18-15;1-10-8-13(9-11(2)12(10)3)14-6-4-5-7-15-14;6-5-3-1-2-4-7-5/h7-8H,1-6H3;4-9H,1-3H3;1-2,4H/q;;+1. The van der Waals surface area contributed by atoms with E-state index in [1.54, 1.807) is 38.3 Å². The summed E-state index contributed by atoms with van der Waals surface area (Å²) >= 11 is 3.14. The third-order valence-corrected chi connectivity index (χ3v) is 7.88. The molecular formula is C33H38BBrFN2O2+. The number of nitrogens with zero attached hydrogens (tertiary/aromatic N) is 2. The molecular weight excluding hydrogens is 566 g/mol. The highest BCUT2D eigenvalue weighted by atomic mass is 79.9. The monoisotopic (exact) mass is 603 g/mol. The van der Waals surface area contributed by atoms with Crippen LogP contribution in [0.3, 0.4) is 0 Å². The van der Waals surface area contributed by atoms with Crippen molar-refractivity contribution in [2.75, 3.05) is 0 Å². The van der Waals surface area contributed by atoms with Crippen molar-refractivity contribution in [3.63, 3.8) is 0 Å². The molecule has 0 radical (unpaired) electrons. The minimum Gasteiger partial charge on any atom is -0.399 e. The SMILES string of the molecule is BrC1=[C+]C=CC=N1.Cc1cc(-c2ccccn2)cc(C)c1C.Cc1cc(B2OC(C)(C)C(C)(C)O2)cc(C)c1F. The van der Waals surface area contributed by atoms with Gasteiger partial charge >= 0.3 is 7.12 Å².